The lowest BCUT2D eigenvalue weighted by Gasteiger charge is -2.07. The van der Waals surface area contributed by atoms with Crippen LogP contribution in [-0.4, -0.2) is 24.2 Å². The molecule has 1 N–H and O–H groups in total. The van der Waals surface area contributed by atoms with E-state index in [-0.39, 0.29) is 12.6 Å². The van der Waals surface area contributed by atoms with Crippen molar-refractivity contribution in [1.82, 2.24) is 4.98 Å². The summed E-state index contributed by atoms with van der Waals surface area (Å²) in [6.07, 6.45) is 1.67. The van der Waals surface area contributed by atoms with Gasteiger partial charge in [-0.05, 0) is 25.1 Å². The number of carbonyl (C=O) groups excluding carboxylic acids is 1. The van der Waals surface area contributed by atoms with Crippen LogP contribution in [0.2, 0.25) is 0 Å². The van der Waals surface area contributed by atoms with Gasteiger partial charge in [-0.1, -0.05) is 35.9 Å². The SMILES string of the molecule is Cc1ccc(OCCOC(=O)c2c[nH]c3ccccc23)cc1. The Morgan fingerprint density at radius 3 is 2.64 bits per heavy atom. The third-order valence-corrected chi connectivity index (χ3v) is 3.42. The Bertz CT molecular complexity index is 774. The highest BCUT2D eigenvalue weighted by Crippen LogP contribution is 2.18. The van der Waals surface area contributed by atoms with Crippen molar-refractivity contribution in [3.63, 3.8) is 0 Å². The maximum Gasteiger partial charge on any atom is 0.340 e. The molecule has 0 spiro atoms. The van der Waals surface area contributed by atoms with E-state index in [2.05, 4.69) is 4.98 Å². The van der Waals surface area contributed by atoms with Crippen LogP contribution in [0.25, 0.3) is 10.9 Å². The molecule has 0 atom stereocenters. The predicted octanol–water partition coefficient (Wildman–Crippen LogP) is 3.71. The van der Waals surface area contributed by atoms with E-state index in [0.717, 1.165) is 16.7 Å². The van der Waals surface area contributed by atoms with E-state index >= 15 is 0 Å². The average molecular weight is 295 g/mol. The molecule has 4 heteroatoms. The third-order valence-electron chi connectivity index (χ3n) is 3.42. The van der Waals surface area contributed by atoms with E-state index < -0.39 is 0 Å². The number of ether oxygens (including phenoxy) is 2. The first-order chi connectivity index (χ1) is 10.7. The number of aromatic nitrogens is 1. The number of aryl methyl sites for hydroxylation is 1. The molecule has 1 heterocycles. The Balaban J connectivity index is 1.53. The van der Waals surface area contributed by atoms with Crippen molar-refractivity contribution >= 4 is 16.9 Å². The van der Waals surface area contributed by atoms with E-state index in [0.29, 0.717) is 12.2 Å². The van der Waals surface area contributed by atoms with Crippen LogP contribution in [0.5, 0.6) is 5.75 Å². The summed E-state index contributed by atoms with van der Waals surface area (Å²) in [5, 5.41) is 0.868. The van der Waals surface area contributed by atoms with Crippen LogP contribution in [0.15, 0.2) is 54.7 Å². The quantitative estimate of drug-likeness (QED) is 0.576. The topological polar surface area (TPSA) is 51.3 Å². The molecular formula is C18H17NO3. The minimum absolute atomic E-state index is 0.215. The van der Waals surface area contributed by atoms with Gasteiger partial charge >= 0.3 is 5.97 Å². The van der Waals surface area contributed by atoms with Gasteiger partial charge in [0.1, 0.15) is 19.0 Å². The number of rotatable bonds is 5. The highest BCUT2D eigenvalue weighted by Gasteiger charge is 2.12. The molecule has 0 aliphatic heterocycles. The van der Waals surface area contributed by atoms with E-state index in [1.165, 1.54) is 5.56 Å². The van der Waals surface area contributed by atoms with Gasteiger partial charge in [0.05, 0.1) is 5.56 Å². The van der Waals surface area contributed by atoms with Gasteiger partial charge in [-0.2, -0.15) is 0 Å². The van der Waals surface area contributed by atoms with Crippen molar-refractivity contribution in [2.75, 3.05) is 13.2 Å². The summed E-state index contributed by atoms with van der Waals surface area (Å²) in [6, 6.07) is 15.4. The van der Waals surface area contributed by atoms with Crippen LogP contribution in [-0.2, 0) is 4.74 Å². The first-order valence-corrected chi connectivity index (χ1v) is 7.17. The van der Waals surface area contributed by atoms with Crippen molar-refractivity contribution in [1.29, 1.82) is 0 Å². The fourth-order valence-corrected chi connectivity index (χ4v) is 2.25. The lowest BCUT2D eigenvalue weighted by molar-refractivity contribution is 0.0453. The van der Waals surface area contributed by atoms with Gasteiger partial charge in [-0.25, -0.2) is 4.79 Å². The number of esters is 1. The molecule has 0 saturated carbocycles. The summed E-state index contributed by atoms with van der Waals surface area (Å²) >= 11 is 0. The summed E-state index contributed by atoms with van der Waals surface area (Å²) in [5.74, 6) is 0.429. The maximum absolute atomic E-state index is 12.1. The summed E-state index contributed by atoms with van der Waals surface area (Å²) in [5.41, 5.74) is 2.65. The molecule has 0 fully saturated rings. The Kier molecular flexibility index (Phi) is 4.10. The number of carbonyl (C=O) groups is 1. The molecule has 0 radical (unpaired) electrons. The third kappa shape index (κ3) is 3.11. The second-order valence-electron chi connectivity index (χ2n) is 5.05. The molecule has 112 valence electrons. The van der Waals surface area contributed by atoms with Crippen molar-refractivity contribution in [3.8, 4) is 5.75 Å². The minimum atomic E-state index is -0.343. The molecule has 3 aromatic rings. The molecular weight excluding hydrogens is 278 g/mol. The summed E-state index contributed by atoms with van der Waals surface area (Å²) in [4.78, 5) is 15.1. The van der Waals surface area contributed by atoms with Gasteiger partial charge in [0, 0.05) is 17.1 Å². The molecule has 22 heavy (non-hydrogen) atoms. The molecule has 0 aliphatic carbocycles. The second kappa shape index (κ2) is 6.35. The number of nitrogens with one attached hydrogen (secondary N) is 1. The molecule has 1 aromatic heterocycles. The number of aromatic amines is 1. The largest absolute Gasteiger partial charge is 0.490 e. The first-order valence-electron chi connectivity index (χ1n) is 7.17. The predicted molar refractivity (Wildman–Crippen MR) is 85.3 cm³/mol. The summed E-state index contributed by atoms with van der Waals surface area (Å²) in [6.45, 7) is 2.57. The normalized spacial score (nSPS) is 10.6. The second-order valence-corrected chi connectivity index (χ2v) is 5.05. The number of H-pyrrole nitrogens is 1. The lowest BCUT2D eigenvalue weighted by atomic mass is 10.2. The number of para-hydroxylation sites is 1. The Morgan fingerprint density at radius 1 is 1.05 bits per heavy atom. The maximum atomic E-state index is 12.1. The van der Waals surface area contributed by atoms with Gasteiger partial charge in [0.2, 0.25) is 0 Å². The van der Waals surface area contributed by atoms with Crippen LogP contribution in [0, 0.1) is 6.92 Å². The highest BCUT2D eigenvalue weighted by molar-refractivity contribution is 6.03. The van der Waals surface area contributed by atoms with E-state index in [4.69, 9.17) is 9.47 Å². The Labute approximate surface area is 128 Å². The molecule has 0 saturated heterocycles. The number of benzene rings is 2. The molecule has 2 aromatic carbocycles. The van der Waals surface area contributed by atoms with Gasteiger partial charge in [-0.3, -0.25) is 0 Å². The van der Waals surface area contributed by atoms with Gasteiger partial charge in [0.15, 0.2) is 0 Å². The molecule has 0 unspecified atom stereocenters. The van der Waals surface area contributed by atoms with E-state index in [1.54, 1.807) is 6.20 Å². The summed E-state index contributed by atoms with van der Waals surface area (Å²) < 4.78 is 10.8. The van der Waals surface area contributed by atoms with Gasteiger partial charge < -0.3 is 14.5 Å². The zero-order valence-electron chi connectivity index (χ0n) is 12.3. The average Bonchev–Trinajstić information content (AvgIpc) is 2.97. The number of hydrogen-bond acceptors (Lipinski definition) is 3. The Hall–Kier alpha value is -2.75. The lowest BCUT2D eigenvalue weighted by Crippen LogP contribution is -2.12. The fraction of sp³-hybridized carbons (Fsp3) is 0.167. The standard InChI is InChI=1S/C18H17NO3/c1-13-6-8-14(9-7-13)21-10-11-22-18(20)16-12-19-17-5-3-2-4-15(16)17/h2-9,12,19H,10-11H2,1H3. The zero-order valence-corrected chi connectivity index (χ0v) is 12.3. The zero-order chi connectivity index (χ0) is 15.4. The number of hydrogen-bond donors (Lipinski definition) is 1. The highest BCUT2D eigenvalue weighted by atomic mass is 16.6. The Morgan fingerprint density at radius 2 is 1.82 bits per heavy atom. The first kappa shape index (κ1) is 14.2. The van der Waals surface area contributed by atoms with Crippen LogP contribution in [0.3, 0.4) is 0 Å². The van der Waals surface area contributed by atoms with E-state index in [9.17, 15) is 4.79 Å². The van der Waals surface area contributed by atoms with Gasteiger partial charge in [0.25, 0.3) is 0 Å². The van der Waals surface area contributed by atoms with Crippen molar-refractivity contribution in [2.45, 2.75) is 6.92 Å². The fourth-order valence-electron chi connectivity index (χ4n) is 2.25. The van der Waals surface area contributed by atoms with Crippen molar-refractivity contribution < 1.29 is 14.3 Å². The van der Waals surface area contributed by atoms with E-state index in [1.807, 2.05) is 55.5 Å². The monoisotopic (exact) mass is 295 g/mol. The van der Waals surface area contributed by atoms with Crippen LogP contribution in [0.1, 0.15) is 15.9 Å². The molecule has 0 bridgehead atoms. The van der Waals surface area contributed by atoms with Crippen molar-refractivity contribution in [3.05, 3.63) is 65.9 Å². The molecule has 4 nitrogen and oxygen atoms in total. The van der Waals surface area contributed by atoms with Gasteiger partial charge in [-0.15, -0.1) is 0 Å². The number of fused-ring (bicyclic) bond motifs is 1. The van der Waals surface area contributed by atoms with Crippen molar-refractivity contribution in [2.24, 2.45) is 0 Å². The molecule has 0 amide bonds. The molecule has 3 rings (SSSR count). The van der Waals surface area contributed by atoms with Crippen LogP contribution in [0.4, 0.5) is 0 Å². The summed E-state index contributed by atoms with van der Waals surface area (Å²) in [7, 11) is 0. The van der Waals surface area contributed by atoms with Crippen LogP contribution >= 0.6 is 0 Å². The molecule has 0 aliphatic rings. The smallest absolute Gasteiger partial charge is 0.340 e. The minimum Gasteiger partial charge on any atom is -0.490 e. The van der Waals surface area contributed by atoms with Crippen LogP contribution < -0.4 is 4.74 Å².